The number of benzene rings is 2. The van der Waals surface area contributed by atoms with Gasteiger partial charge in [0.05, 0.1) is 34.6 Å². The van der Waals surface area contributed by atoms with Gasteiger partial charge in [-0.1, -0.05) is 30.2 Å². The van der Waals surface area contributed by atoms with Gasteiger partial charge in [-0.05, 0) is 75.8 Å². The molecular weight excluding hydrogens is 725 g/mol. The van der Waals surface area contributed by atoms with Crippen LogP contribution in [-0.2, 0) is 6.42 Å². The van der Waals surface area contributed by atoms with Crippen molar-refractivity contribution in [2.24, 2.45) is 0 Å². The van der Waals surface area contributed by atoms with Gasteiger partial charge in [0.1, 0.15) is 41.8 Å². The van der Waals surface area contributed by atoms with Crippen LogP contribution < -0.4 is 19.7 Å². The summed E-state index contributed by atoms with van der Waals surface area (Å²) in [6.07, 6.45) is 13.5. The molecule has 0 spiro atoms. The summed E-state index contributed by atoms with van der Waals surface area (Å²) in [5.41, 5.74) is 0.675. The summed E-state index contributed by atoms with van der Waals surface area (Å²) in [4.78, 5) is 27.5. The molecule has 14 heteroatoms. The Bertz CT molecular complexity index is 2390. The highest BCUT2D eigenvalue weighted by atomic mass is 19.3. The Labute approximate surface area is 321 Å². The fourth-order valence-electron chi connectivity index (χ4n) is 10.2. The number of halogens is 4. The third-order valence-electron chi connectivity index (χ3n) is 12.8. The molecule has 2 aromatic carbocycles. The highest BCUT2D eigenvalue weighted by molar-refractivity contribution is 6.02. The lowest BCUT2D eigenvalue weighted by atomic mass is 9.93. The van der Waals surface area contributed by atoms with E-state index in [1.54, 1.807) is 18.2 Å². The first-order chi connectivity index (χ1) is 27.3. The molecule has 5 aliphatic rings. The molecule has 288 valence electrons. The topological polar surface area (TPSA) is 101 Å². The number of anilines is 1. The minimum Gasteiger partial charge on any atom is -0.475 e. The first-order valence-electron chi connectivity index (χ1n) is 19.5. The monoisotopic (exact) mass is 764 g/mol. The highest BCUT2D eigenvalue weighted by Gasteiger charge is 2.50. The van der Waals surface area contributed by atoms with E-state index in [1.165, 1.54) is 12.3 Å². The van der Waals surface area contributed by atoms with E-state index in [1.807, 2.05) is 6.07 Å². The van der Waals surface area contributed by atoms with Gasteiger partial charge in [-0.3, -0.25) is 4.90 Å². The second kappa shape index (κ2) is 13.8. The van der Waals surface area contributed by atoms with E-state index in [2.05, 4.69) is 31.0 Å². The fourth-order valence-corrected chi connectivity index (χ4v) is 10.2. The molecule has 5 aromatic rings. The van der Waals surface area contributed by atoms with Gasteiger partial charge in [-0.25, -0.2) is 32.5 Å². The third kappa shape index (κ3) is 5.81. The van der Waals surface area contributed by atoms with Gasteiger partial charge < -0.3 is 19.7 Å². The number of pyridine rings is 1. The van der Waals surface area contributed by atoms with Crippen molar-refractivity contribution in [2.75, 3.05) is 31.2 Å². The molecule has 5 atom stereocenters. The molecule has 3 aromatic heterocycles. The van der Waals surface area contributed by atoms with E-state index in [4.69, 9.17) is 30.8 Å². The number of fused-ring (bicyclic) bond motifs is 7. The summed E-state index contributed by atoms with van der Waals surface area (Å²) in [5, 5.41) is 5.51. The van der Waals surface area contributed by atoms with Crippen molar-refractivity contribution in [2.45, 2.75) is 93.9 Å². The molecule has 0 amide bonds. The van der Waals surface area contributed by atoms with Crippen LogP contribution in [0.2, 0.25) is 0 Å². The summed E-state index contributed by atoms with van der Waals surface area (Å²) in [5.74, 6) is 2.15. The first kappa shape index (κ1) is 35.3. The highest BCUT2D eigenvalue weighted by Crippen LogP contribution is 2.45. The fraction of sp³-hybridized carbons (Fsp3) is 0.452. The Hall–Kier alpha value is -5.13. The number of nitrogens with one attached hydrogen (secondary N) is 1. The number of terminal acetylenes is 1. The van der Waals surface area contributed by atoms with Crippen molar-refractivity contribution in [3.63, 3.8) is 0 Å². The Morgan fingerprint density at radius 2 is 1.88 bits per heavy atom. The van der Waals surface area contributed by atoms with Crippen LogP contribution in [0.15, 0.2) is 42.7 Å². The molecule has 10 rings (SSSR count). The Balaban J connectivity index is 1.02. The average Bonchev–Trinajstić information content (AvgIpc) is 3.91. The van der Waals surface area contributed by atoms with E-state index >= 15 is 8.78 Å². The van der Waals surface area contributed by atoms with Crippen LogP contribution in [0.4, 0.5) is 23.4 Å². The number of nitrogens with zero attached hydrogens (tertiary/aromatic N) is 7. The molecule has 0 aliphatic carbocycles. The summed E-state index contributed by atoms with van der Waals surface area (Å²) in [7, 11) is 0. The number of hydrogen-bond acceptors (Lipinski definition) is 10. The predicted molar refractivity (Wildman–Crippen MR) is 202 cm³/mol. The molecule has 4 saturated heterocycles. The van der Waals surface area contributed by atoms with Gasteiger partial charge >= 0.3 is 6.01 Å². The maximum Gasteiger partial charge on any atom is 0.319 e. The smallest absolute Gasteiger partial charge is 0.319 e. The van der Waals surface area contributed by atoms with Crippen LogP contribution >= 0.6 is 0 Å². The van der Waals surface area contributed by atoms with Crippen LogP contribution in [0.25, 0.3) is 32.9 Å². The van der Waals surface area contributed by atoms with E-state index in [-0.39, 0.29) is 46.3 Å². The van der Waals surface area contributed by atoms with Crippen LogP contribution in [-0.4, -0.2) is 85.8 Å². The van der Waals surface area contributed by atoms with Gasteiger partial charge in [0.15, 0.2) is 5.82 Å². The van der Waals surface area contributed by atoms with Crippen molar-refractivity contribution in [3.05, 3.63) is 71.3 Å². The number of alkyl halides is 2. The molecule has 0 unspecified atom stereocenters. The Morgan fingerprint density at radius 3 is 2.71 bits per heavy atom. The first-order valence-corrected chi connectivity index (χ1v) is 19.5. The summed E-state index contributed by atoms with van der Waals surface area (Å²) < 4.78 is 71.0. The molecule has 2 bridgehead atoms. The maximum absolute atomic E-state index is 17.4. The quantitative estimate of drug-likeness (QED) is 0.132. The molecule has 56 heavy (non-hydrogen) atoms. The molecule has 4 fully saturated rings. The lowest BCUT2D eigenvalue weighted by Gasteiger charge is -2.43. The van der Waals surface area contributed by atoms with Crippen molar-refractivity contribution < 1.29 is 27.0 Å². The lowest BCUT2D eigenvalue weighted by molar-refractivity contribution is 0.0677. The molecular formula is C42H40F4N8O2. The van der Waals surface area contributed by atoms with Crippen molar-refractivity contribution in [1.29, 1.82) is 0 Å². The number of aryl methyl sites for hydroxylation is 1. The molecule has 10 nitrogen and oxygen atoms in total. The molecule has 1 N–H and O–H groups in total. The van der Waals surface area contributed by atoms with Crippen molar-refractivity contribution in [3.8, 4) is 35.5 Å². The minimum atomic E-state index is -2.70. The molecule has 5 aliphatic heterocycles. The summed E-state index contributed by atoms with van der Waals surface area (Å²) >= 11 is 0. The van der Waals surface area contributed by atoms with E-state index in [9.17, 15) is 8.78 Å². The normalized spacial score (nSPS) is 25.6. The van der Waals surface area contributed by atoms with E-state index in [0.717, 1.165) is 70.7 Å². The number of hydrogen-bond donors (Lipinski definition) is 1. The van der Waals surface area contributed by atoms with Crippen molar-refractivity contribution in [1.82, 2.24) is 35.1 Å². The number of aromatic nitrogens is 5. The molecule has 8 heterocycles. The standard InChI is InChI=1S/C42H40F4N8O2/c1-2-26-28(43)12-10-23-6-3-7-27(34(23)26)37-36(44)38-35-30(50-37)8-4-9-32-29-13-11-24(49-29)20-53(32)40(35)52-41(51-38)56-22-42-15-5-17-54(42)25(14-16-42)21-55-33-19-47-31(18-48-33)39(45)46/h1,3,6-7,10,12,18-19,24-25,29,32,39,49H,4-5,8-9,11,13-17,20-22H2/t24-,25+,29+,32-,42+/m1/s1. The van der Waals surface area contributed by atoms with Crippen LogP contribution in [0.3, 0.4) is 0 Å². The second-order valence-electron chi connectivity index (χ2n) is 15.8. The Morgan fingerprint density at radius 1 is 0.964 bits per heavy atom. The maximum atomic E-state index is 17.4. The average molecular weight is 765 g/mol. The minimum absolute atomic E-state index is 0.0619. The SMILES string of the molecule is C#Cc1c(F)ccc2cccc(-c3nc4c5c(nc(OC[C@@]67CCCN6[C@H](COc6cnc(C(F)F)cn6)CC7)nc5c3F)N3C[C@H]5CC[C@H](N5)[C@H]3CCC4)c12. The van der Waals surface area contributed by atoms with Crippen LogP contribution in [0, 0.1) is 24.0 Å². The van der Waals surface area contributed by atoms with Gasteiger partial charge in [-0.2, -0.15) is 9.97 Å². The number of ether oxygens (including phenoxy) is 2. The van der Waals surface area contributed by atoms with E-state index in [0.29, 0.717) is 65.0 Å². The molecule has 0 radical (unpaired) electrons. The largest absolute Gasteiger partial charge is 0.475 e. The summed E-state index contributed by atoms with van der Waals surface area (Å²) in [6, 6.07) is 9.30. The molecule has 0 saturated carbocycles. The number of piperazine rings is 1. The Kier molecular flexibility index (Phi) is 8.70. The van der Waals surface area contributed by atoms with E-state index < -0.39 is 23.8 Å². The zero-order valence-corrected chi connectivity index (χ0v) is 30.7. The van der Waals surface area contributed by atoms with Gasteiger partial charge in [0.2, 0.25) is 5.88 Å². The second-order valence-corrected chi connectivity index (χ2v) is 15.8. The number of rotatable bonds is 8. The lowest BCUT2D eigenvalue weighted by Crippen LogP contribution is -2.58. The van der Waals surface area contributed by atoms with Gasteiger partial charge in [0, 0.05) is 41.7 Å². The van der Waals surface area contributed by atoms with Gasteiger partial charge in [0.25, 0.3) is 6.43 Å². The van der Waals surface area contributed by atoms with Gasteiger partial charge in [-0.15, -0.1) is 6.42 Å². The van der Waals surface area contributed by atoms with Crippen molar-refractivity contribution >= 4 is 27.5 Å². The zero-order valence-electron chi connectivity index (χ0n) is 30.7. The van der Waals surface area contributed by atoms with Crippen LogP contribution in [0.5, 0.6) is 11.9 Å². The summed E-state index contributed by atoms with van der Waals surface area (Å²) in [6.45, 7) is 2.21. The zero-order chi connectivity index (χ0) is 38.1. The van der Waals surface area contributed by atoms with Crippen LogP contribution in [0.1, 0.15) is 74.7 Å². The third-order valence-corrected chi connectivity index (χ3v) is 12.8. The predicted octanol–water partition coefficient (Wildman–Crippen LogP) is 6.93.